The second-order valence-corrected chi connectivity index (χ2v) is 6.09. The third-order valence-corrected chi connectivity index (χ3v) is 3.85. The molecule has 4 nitrogen and oxygen atoms in total. The smallest absolute Gasteiger partial charge is 0.265 e. The zero-order valence-corrected chi connectivity index (χ0v) is 10.1. The summed E-state index contributed by atoms with van der Waals surface area (Å²) in [6.07, 6.45) is 6.24. The zero-order chi connectivity index (χ0) is 11.3. The molecule has 90 valence electrons. The predicted molar refractivity (Wildman–Crippen MR) is 60.5 cm³/mol. The Morgan fingerprint density at radius 2 is 1.93 bits per heavy atom. The highest BCUT2D eigenvalue weighted by Crippen LogP contribution is 2.17. The molecule has 0 radical (unpaired) electrons. The number of hydrogen-bond donors (Lipinski definition) is 2. The van der Waals surface area contributed by atoms with Gasteiger partial charge in [0.25, 0.3) is 10.1 Å². The molecule has 0 bridgehead atoms. The Labute approximate surface area is 92.2 Å². The molecule has 1 aliphatic rings. The number of nitrogens with one attached hydrogen (secondary N) is 1. The zero-order valence-electron chi connectivity index (χ0n) is 9.28. The lowest BCUT2D eigenvalue weighted by Gasteiger charge is -2.24. The van der Waals surface area contributed by atoms with E-state index in [-0.39, 0.29) is 11.7 Å². The van der Waals surface area contributed by atoms with Gasteiger partial charge in [0.05, 0.1) is 5.75 Å². The van der Waals surface area contributed by atoms with Crippen molar-refractivity contribution in [2.45, 2.75) is 45.1 Å². The highest BCUT2D eigenvalue weighted by Gasteiger charge is 2.16. The van der Waals surface area contributed by atoms with Crippen LogP contribution in [0.4, 0.5) is 0 Å². The van der Waals surface area contributed by atoms with Crippen LogP contribution in [0.15, 0.2) is 0 Å². The normalized spacial score (nSPS) is 21.5. The van der Waals surface area contributed by atoms with Crippen molar-refractivity contribution < 1.29 is 13.0 Å². The molecule has 0 amide bonds. The van der Waals surface area contributed by atoms with E-state index < -0.39 is 10.1 Å². The van der Waals surface area contributed by atoms with Crippen LogP contribution in [-0.4, -0.2) is 31.3 Å². The first kappa shape index (κ1) is 12.9. The molecule has 5 heteroatoms. The van der Waals surface area contributed by atoms with Crippen molar-refractivity contribution in [2.75, 3.05) is 12.3 Å². The summed E-state index contributed by atoms with van der Waals surface area (Å²) in [5, 5.41) is 3.37. The average Bonchev–Trinajstić information content (AvgIpc) is 2.14. The fourth-order valence-electron chi connectivity index (χ4n) is 2.09. The molecule has 1 atom stereocenters. The van der Waals surface area contributed by atoms with E-state index in [1.165, 1.54) is 32.1 Å². The average molecular weight is 235 g/mol. The van der Waals surface area contributed by atoms with Gasteiger partial charge in [-0.1, -0.05) is 26.2 Å². The van der Waals surface area contributed by atoms with E-state index in [2.05, 4.69) is 5.32 Å². The van der Waals surface area contributed by atoms with E-state index in [1.807, 2.05) is 6.92 Å². The maximum absolute atomic E-state index is 10.6. The van der Waals surface area contributed by atoms with Gasteiger partial charge >= 0.3 is 0 Å². The van der Waals surface area contributed by atoms with E-state index in [1.54, 1.807) is 0 Å². The molecular formula is C10H21NO3S. The van der Waals surface area contributed by atoms with Gasteiger partial charge in [-0.2, -0.15) is 8.42 Å². The lowest BCUT2D eigenvalue weighted by Crippen LogP contribution is -2.35. The van der Waals surface area contributed by atoms with Gasteiger partial charge < -0.3 is 5.32 Å². The minimum absolute atomic E-state index is 0.0260. The number of rotatable bonds is 5. The standard InChI is InChI=1S/C10H21NO3S/c1-9(8-15(12,13)14)7-11-10-5-3-2-4-6-10/h9-11H,2-8H2,1H3,(H,12,13,14). The highest BCUT2D eigenvalue weighted by molar-refractivity contribution is 7.85. The topological polar surface area (TPSA) is 66.4 Å². The fourth-order valence-corrected chi connectivity index (χ4v) is 2.93. The van der Waals surface area contributed by atoms with Crippen molar-refractivity contribution in [2.24, 2.45) is 5.92 Å². The first-order chi connectivity index (χ1) is 6.97. The minimum Gasteiger partial charge on any atom is -0.314 e. The Morgan fingerprint density at radius 1 is 1.33 bits per heavy atom. The van der Waals surface area contributed by atoms with Gasteiger partial charge in [-0.3, -0.25) is 4.55 Å². The van der Waals surface area contributed by atoms with Gasteiger partial charge in [-0.05, 0) is 25.3 Å². The lowest BCUT2D eigenvalue weighted by atomic mass is 9.95. The first-order valence-electron chi connectivity index (χ1n) is 5.66. The summed E-state index contributed by atoms with van der Waals surface area (Å²) >= 11 is 0. The second-order valence-electron chi connectivity index (χ2n) is 4.60. The Morgan fingerprint density at radius 3 is 2.47 bits per heavy atom. The molecule has 1 rings (SSSR count). The molecule has 1 unspecified atom stereocenters. The summed E-state index contributed by atoms with van der Waals surface area (Å²) in [4.78, 5) is 0. The first-order valence-corrected chi connectivity index (χ1v) is 7.27. The van der Waals surface area contributed by atoms with Crippen LogP contribution >= 0.6 is 0 Å². The molecule has 0 aromatic rings. The van der Waals surface area contributed by atoms with Gasteiger partial charge in [0.1, 0.15) is 0 Å². The molecule has 0 aromatic carbocycles. The van der Waals surface area contributed by atoms with Crippen molar-refractivity contribution in [3.63, 3.8) is 0 Å². The van der Waals surface area contributed by atoms with Crippen molar-refractivity contribution in [1.29, 1.82) is 0 Å². The largest absolute Gasteiger partial charge is 0.314 e. The van der Waals surface area contributed by atoms with Crippen LogP contribution < -0.4 is 5.32 Å². The van der Waals surface area contributed by atoms with Crippen LogP contribution in [0.5, 0.6) is 0 Å². The van der Waals surface area contributed by atoms with Crippen molar-refractivity contribution in [1.82, 2.24) is 5.32 Å². The molecule has 1 fully saturated rings. The van der Waals surface area contributed by atoms with Crippen molar-refractivity contribution in [3.8, 4) is 0 Å². The van der Waals surface area contributed by atoms with Crippen LogP contribution in [0.2, 0.25) is 0 Å². The monoisotopic (exact) mass is 235 g/mol. The van der Waals surface area contributed by atoms with E-state index >= 15 is 0 Å². The third kappa shape index (κ3) is 6.12. The molecule has 0 aliphatic heterocycles. The lowest BCUT2D eigenvalue weighted by molar-refractivity contribution is 0.356. The molecule has 0 spiro atoms. The summed E-state index contributed by atoms with van der Waals surface area (Å²) in [7, 11) is -3.82. The molecule has 1 aliphatic carbocycles. The van der Waals surface area contributed by atoms with Gasteiger partial charge in [0.15, 0.2) is 0 Å². The minimum atomic E-state index is -3.82. The van der Waals surface area contributed by atoms with Gasteiger partial charge in [0.2, 0.25) is 0 Å². The Hall–Kier alpha value is -0.130. The molecule has 0 saturated heterocycles. The molecular weight excluding hydrogens is 214 g/mol. The third-order valence-electron chi connectivity index (χ3n) is 2.86. The summed E-state index contributed by atoms with van der Waals surface area (Å²) in [5.74, 6) is -0.172. The molecule has 0 aromatic heterocycles. The Kier molecular flexibility index (Phi) is 5.02. The van der Waals surface area contributed by atoms with E-state index in [4.69, 9.17) is 4.55 Å². The fraction of sp³-hybridized carbons (Fsp3) is 1.00. The summed E-state index contributed by atoms with van der Waals surface area (Å²) < 4.78 is 29.9. The maximum atomic E-state index is 10.6. The van der Waals surface area contributed by atoms with Crippen LogP contribution in [0, 0.1) is 5.92 Å². The predicted octanol–water partition coefficient (Wildman–Crippen LogP) is 1.43. The summed E-state index contributed by atoms with van der Waals surface area (Å²) in [6, 6.07) is 0.544. The number of hydrogen-bond acceptors (Lipinski definition) is 3. The highest BCUT2D eigenvalue weighted by atomic mass is 32.2. The van der Waals surface area contributed by atoms with Gasteiger partial charge in [-0.25, -0.2) is 0 Å². The van der Waals surface area contributed by atoms with Gasteiger partial charge in [0, 0.05) is 6.04 Å². The van der Waals surface area contributed by atoms with Gasteiger partial charge in [-0.15, -0.1) is 0 Å². The Bertz CT molecular complexity index is 270. The summed E-state index contributed by atoms with van der Waals surface area (Å²) in [5.41, 5.74) is 0. The van der Waals surface area contributed by atoms with Crippen LogP contribution in [0.25, 0.3) is 0 Å². The molecule has 1 saturated carbocycles. The molecule has 0 heterocycles. The van der Waals surface area contributed by atoms with E-state index in [0.717, 1.165) is 0 Å². The van der Waals surface area contributed by atoms with Crippen LogP contribution in [0.1, 0.15) is 39.0 Å². The van der Waals surface area contributed by atoms with Crippen LogP contribution in [0.3, 0.4) is 0 Å². The molecule has 15 heavy (non-hydrogen) atoms. The van der Waals surface area contributed by atoms with Crippen LogP contribution in [-0.2, 0) is 10.1 Å². The quantitative estimate of drug-likeness (QED) is 0.708. The maximum Gasteiger partial charge on any atom is 0.265 e. The van der Waals surface area contributed by atoms with Crippen molar-refractivity contribution in [3.05, 3.63) is 0 Å². The SMILES string of the molecule is CC(CNC1CCCCC1)CS(=O)(=O)O. The Balaban J connectivity index is 2.18. The molecule has 2 N–H and O–H groups in total. The van der Waals surface area contributed by atoms with Crippen molar-refractivity contribution >= 4 is 10.1 Å². The summed E-state index contributed by atoms with van der Waals surface area (Å²) in [6.45, 7) is 2.51. The van der Waals surface area contributed by atoms with E-state index in [0.29, 0.717) is 12.6 Å². The van der Waals surface area contributed by atoms with E-state index in [9.17, 15) is 8.42 Å². The second kappa shape index (κ2) is 5.82.